The van der Waals surface area contributed by atoms with Crippen LogP contribution in [-0.2, 0) is 17.5 Å². The molecule has 0 bridgehead atoms. The highest BCUT2D eigenvalue weighted by molar-refractivity contribution is 5.96. The Balaban J connectivity index is 2.69. The summed E-state index contributed by atoms with van der Waals surface area (Å²) in [5.74, 6) is -0.852. The molecule has 0 aliphatic rings. The molecule has 118 valence electrons. The van der Waals surface area contributed by atoms with E-state index in [4.69, 9.17) is 10.8 Å². The molecule has 1 aromatic carbocycles. The van der Waals surface area contributed by atoms with E-state index in [9.17, 15) is 18.0 Å². The zero-order chi connectivity index (χ0) is 16.5. The fourth-order valence-electron chi connectivity index (χ4n) is 1.91. The molecule has 1 aromatic heterocycles. The minimum atomic E-state index is -4.68. The van der Waals surface area contributed by atoms with Crippen molar-refractivity contribution in [3.63, 3.8) is 0 Å². The van der Waals surface area contributed by atoms with Crippen LogP contribution in [0.15, 0.2) is 24.7 Å². The molecular formula is C13H12F3N3O3. The van der Waals surface area contributed by atoms with Crippen molar-refractivity contribution < 1.29 is 27.8 Å². The Morgan fingerprint density at radius 3 is 2.64 bits per heavy atom. The number of benzene rings is 1. The van der Waals surface area contributed by atoms with Crippen molar-refractivity contribution in [3.05, 3.63) is 41.5 Å². The smallest absolute Gasteiger partial charge is 0.418 e. The Morgan fingerprint density at radius 1 is 1.45 bits per heavy atom. The average molecular weight is 315 g/mol. The maximum atomic E-state index is 13.2. The minimum absolute atomic E-state index is 0.185. The van der Waals surface area contributed by atoms with Gasteiger partial charge in [-0.25, -0.2) is 9.78 Å². The van der Waals surface area contributed by atoms with Crippen molar-refractivity contribution in [2.75, 3.05) is 12.8 Å². The Morgan fingerprint density at radius 2 is 2.14 bits per heavy atom. The summed E-state index contributed by atoms with van der Waals surface area (Å²) >= 11 is 0. The third-order valence-corrected chi connectivity index (χ3v) is 2.95. The van der Waals surface area contributed by atoms with Gasteiger partial charge in [0.1, 0.15) is 0 Å². The van der Waals surface area contributed by atoms with E-state index in [0.717, 1.165) is 24.1 Å². The molecule has 3 N–H and O–H groups in total. The van der Waals surface area contributed by atoms with Crippen molar-refractivity contribution in [3.8, 4) is 5.69 Å². The van der Waals surface area contributed by atoms with Crippen molar-refractivity contribution in [1.82, 2.24) is 9.55 Å². The van der Waals surface area contributed by atoms with Crippen molar-refractivity contribution >= 4 is 11.7 Å². The van der Waals surface area contributed by atoms with E-state index < -0.39 is 24.3 Å². The maximum Gasteiger partial charge on any atom is 0.418 e. The number of alkyl halides is 3. The van der Waals surface area contributed by atoms with Gasteiger partial charge < -0.3 is 20.1 Å². The lowest BCUT2D eigenvalue weighted by molar-refractivity contribution is -0.137. The quantitative estimate of drug-likeness (QED) is 0.665. The summed E-state index contributed by atoms with van der Waals surface area (Å²) in [6.45, 7) is -0.423. The molecule has 0 radical (unpaired) electrons. The Bertz CT molecular complexity index is 710. The van der Waals surface area contributed by atoms with Crippen LogP contribution in [0.25, 0.3) is 5.69 Å². The first-order chi connectivity index (χ1) is 10.3. The first kappa shape index (κ1) is 15.8. The standard InChI is InChI=1S/C13H12F3N3O3/c1-22-12(21)8-2-11(19-4-7(5-20)18-6-19)9(3-10(8)17)13(14,15)16/h2-4,6,20H,5,17H2,1H3. The van der Waals surface area contributed by atoms with Gasteiger partial charge in [0.05, 0.1) is 42.6 Å². The molecule has 0 saturated heterocycles. The predicted octanol–water partition coefficient (Wildman–Crippen LogP) is 1.75. The third-order valence-electron chi connectivity index (χ3n) is 2.95. The molecular weight excluding hydrogens is 303 g/mol. The molecule has 2 aromatic rings. The van der Waals surface area contributed by atoms with Crippen LogP contribution >= 0.6 is 0 Å². The second-order valence-electron chi connectivity index (χ2n) is 4.38. The Hall–Kier alpha value is -2.55. The van der Waals surface area contributed by atoms with Gasteiger partial charge in [0.25, 0.3) is 0 Å². The van der Waals surface area contributed by atoms with Crippen LogP contribution in [0.2, 0.25) is 0 Å². The number of anilines is 1. The van der Waals surface area contributed by atoms with Crippen molar-refractivity contribution in [2.24, 2.45) is 0 Å². The molecule has 0 fully saturated rings. The number of carbonyl (C=O) groups is 1. The van der Waals surface area contributed by atoms with Crippen LogP contribution in [0.5, 0.6) is 0 Å². The van der Waals surface area contributed by atoms with Gasteiger partial charge in [0.15, 0.2) is 0 Å². The highest BCUT2D eigenvalue weighted by atomic mass is 19.4. The molecule has 0 aliphatic carbocycles. The van der Waals surface area contributed by atoms with Gasteiger partial charge in [-0.15, -0.1) is 0 Å². The number of imidazole rings is 1. The molecule has 6 nitrogen and oxygen atoms in total. The van der Waals surface area contributed by atoms with Crippen LogP contribution in [-0.4, -0.2) is 27.7 Å². The molecule has 1 heterocycles. The van der Waals surface area contributed by atoms with Gasteiger partial charge in [0.2, 0.25) is 0 Å². The lowest BCUT2D eigenvalue weighted by atomic mass is 10.1. The number of aliphatic hydroxyl groups excluding tert-OH is 1. The van der Waals surface area contributed by atoms with Gasteiger partial charge in [-0.05, 0) is 12.1 Å². The maximum absolute atomic E-state index is 13.2. The summed E-state index contributed by atoms with van der Waals surface area (Å²) in [6.07, 6.45) is -2.35. The number of hydrogen-bond donors (Lipinski definition) is 2. The molecule has 0 aliphatic heterocycles. The SMILES string of the molecule is COC(=O)c1cc(-n2cnc(CO)c2)c(C(F)(F)F)cc1N. The second kappa shape index (κ2) is 5.68. The molecule has 0 unspecified atom stereocenters. The van der Waals surface area contributed by atoms with E-state index in [2.05, 4.69) is 9.72 Å². The predicted molar refractivity (Wildman–Crippen MR) is 70.2 cm³/mol. The van der Waals surface area contributed by atoms with Crippen LogP contribution in [0.3, 0.4) is 0 Å². The van der Waals surface area contributed by atoms with Crippen LogP contribution in [0.4, 0.5) is 18.9 Å². The largest absolute Gasteiger partial charge is 0.465 e. The van der Waals surface area contributed by atoms with Crippen LogP contribution in [0, 0.1) is 0 Å². The van der Waals surface area contributed by atoms with Crippen molar-refractivity contribution in [1.29, 1.82) is 0 Å². The van der Waals surface area contributed by atoms with Gasteiger partial charge in [-0.3, -0.25) is 0 Å². The van der Waals surface area contributed by atoms with Crippen molar-refractivity contribution in [2.45, 2.75) is 12.8 Å². The first-order valence-corrected chi connectivity index (χ1v) is 6.01. The molecule has 9 heteroatoms. The lowest BCUT2D eigenvalue weighted by Gasteiger charge is -2.16. The Labute approximate surface area is 122 Å². The second-order valence-corrected chi connectivity index (χ2v) is 4.38. The van der Waals surface area contributed by atoms with E-state index in [1.807, 2.05) is 0 Å². The molecule has 0 atom stereocenters. The van der Waals surface area contributed by atoms with E-state index in [-0.39, 0.29) is 22.6 Å². The number of nitrogens with zero attached hydrogens (tertiary/aromatic N) is 2. The summed E-state index contributed by atoms with van der Waals surface area (Å²) in [5, 5.41) is 8.96. The number of methoxy groups -OCH3 is 1. The summed E-state index contributed by atoms with van der Waals surface area (Å²) in [6, 6.07) is 1.65. The monoisotopic (exact) mass is 315 g/mol. The summed E-state index contributed by atoms with van der Waals surface area (Å²) < 4.78 is 45.0. The summed E-state index contributed by atoms with van der Waals surface area (Å²) in [7, 11) is 1.10. The molecule has 0 amide bonds. The minimum Gasteiger partial charge on any atom is -0.465 e. The Kier molecular flexibility index (Phi) is 4.09. The zero-order valence-corrected chi connectivity index (χ0v) is 11.4. The molecule has 2 rings (SSSR count). The van der Waals surface area contributed by atoms with Gasteiger partial charge in [-0.1, -0.05) is 0 Å². The lowest BCUT2D eigenvalue weighted by Crippen LogP contribution is -2.14. The van der Waals surface area contributed by atoms with Gasteiger partial charge in [-0.2, -0.15) is 13.2 Å². The van der Waals surface area contributed by atoms with E-state index in [1.54, 1.807) is 0 Å². The zero-order valence-electron chi connectivity index (χ0n) is 11.4. The van der Waals surface area contributed by atoms with E-state index >= 15 is 0 Å². The number of rotatable bonds is 3. The normalized spacial score (nSPS) is 11.5. The number of nitrogen functional groups attached to an aromatic ring is 1. The number of aliphatic hydroxyl groups is 1. The van der Waals surface area contributed by atoms with Crippen LogP contribution < -0.4 is 5.73 Å². The summed E-state index contributed by atoms with van der Waals surface area (Å²) in [4.78, 5) is 15.3. The highest BCUT2D eigenvalue weighted by Crippen LogP contribution is 2.36. The number of esters is 1. The third kappa shape index (κ3) is 2.89. The number of ether oxygens (including phenoxy) is 1. The first-order valence-electron chi connectivity index (χ1n) is 6.01. The van der Waals surface area contributed by atoms with Gasteiger partial charge >= 0.3 is 12.1 Å². The highest BCUT2D eigenvalue weighted by Gasteiger charge is 2.35. The molecule has 22 heavy (non-hydrogen) atoms. The molecule has 0 spiro atoms. The number of halogens is 3. The van der Waals surface area contributed by atoms with E-state index in [0.29, 0.717) is 6.07 Å². The number of aromatic nitrogens is 2. The average Bonchev–Trinajstić information content (AvgIpc) is 2.94. The number of carbonyl (C=O) groups excluding carboxylic acids is 1. The topological polar surface area (TPSA) is 90.4 Å². The number of nitrogens with two attached hydrogens (primary N) is 1. The number of hydrogen-bond acceptors (Lipinski definition) is 5. The fraction of sp³-hybridized carbons (Fsp3) is 0.231. The summed E-state index contributed by atoms with van der Waals surface area (Å²) in [5.41, 5.74) is 3.79. The van der Waals surface area contributed by atoms with Crippen LogP contribution in [0.1, 0.15) is 21.6 Å². The fourth-order valence-corrected chi connectivity index (χ4v) is 1.91. The molecule has 0 saturated carbocycles. The van der Waals surface area contributed by atoms with Gasteiger partial charge in [0, 0.05) is 11.9 Å². The van der Waals surface area contributed by atoms with E-state index in [1.165, 1.54) is 6.20 Å².